The smallest absolute Gasteiger partial charge is 0.260 e. The van der Waals surface area contributed by atoms with Crippen LogP contribution in [0.1, 0.15) is 29.6 Å². The molecule has 1 aliphatic heterocycles. The van der Waals surface area contributed by atoms with Gasteiger partial charge in [0.25, 0.3) is 5.91 Å². The number of anilines is 1. The van der Waals surface area contributed by atoms with Crippen molar-refractivity contribution in [2.75, 3.05) is 25.5 Å². The van der Waals surface area contributed by atoms with Gasteiger partial charge in [0.05, 0.1) is 12.6 Å². The first-order chi connectivity index (χ1) is 14.3. The van der Waals surface area contributed by atoms with Crippen LogP contribution in [0.2, 0.25) is 5.02 Å². The van der Waals surface area contributed by atoms with Crippen molar-refractivity contribution < 1.29 is 18.8 Å². The van der Waals surface area contributed by atoms with Crippen LogP contribution in [0.4, 0.5) is 10.1 Å². The molecule has 1 N–H and O–H groups in total. The van der Waals surface area contributed by atoms with Gasteiger partial charge in [-0.05, 0) is 74.8 Å². The standard InChI is InChI=1S/C22H23ClFN3O3/c1-26(14-20(28)25-18-11-7-16(23)8-12-18)19-4-2-3-13-27(22(19)30)21(29)15-5-9-17(24)10-6-15/h5-12,19H,2-4,13-14H2,1H3,(H,25,28)/t19-/m0/s1. The minimum Gasteiger partial charge on any atom is -0.325 e. The highest BCUT2D eigenvalue weighted by atomic mass is 35.5. The Hall–Kier alpha value is -2.77. The number of amides is 3. The molecule has 0 bridgehead atoms. The van der Waals surface area contributed by atoms with Crippen LogP contribution < -0.4 is 5.32 Å². The second kappa shape index (κ2) is 9.82. The zero-order chi connectivity index (χ0) is 21.7. The highest BCUT2D eigenvalue weighted by Crippen LogP contribution is 2.19. The molecule has 1 fully saturated rings. The molecule has 0 saturated carbocycles. The molecule has 0 radical (unpaired) electrons. The molecule has 0 spiro atoms. The van der Waals surface area contributed by atoms with E-state index in [4.69, 9.17) is 11.6 Å². The van der Waals surface area contributed by atoms with Crippen LogP contribution in [0.25, 0.3) is 0 Å². The van der Waals surface area contributed by atoms with Gasteiger partial charge in [0.15, 0.2) is 0 Å². The largest absolute Gasteiger partial charge is 0.325 e. The number of likely N-dealkylation sites (N-methyl/N-ethyl adjacent to an activating group) is 1. The Kier molecular flexibility index (Phi) is 7.18. The van der Waals surface area contributed by atoms with Gasteiger partial charge in [0.1, 0.15) is 5.82 Å². The Bertz CT molecular complexity index is 918. The molecule has 6 nitrogen and oxygen atoms in total. The molecule has 3 rings (SSSR count). The first kappa shape index (κ1) is 21.9. The second-order valence-corrected chi connectivity index (χ2v) is 7.72. The molecule has 8 heteroatoms. The second-order valence-electron chi connectivity index (χ2n) is 7.28. The highest BCUT2D eigenvalue weighted by molar-refractivity contribution is 6.30. The van der Waals surface area contributed by atoms with Gasteiger partial charge in [0, 0.05) is 22.8 Å². The molecule has 2 aromatic carbocycles. The number of carbonyl (C=O) groups is 3. The van der Waals surface area contributed by atoms with Crippen molar-refractivity contribution in [2.24, 2.45) is 0 Å². The number of nitrogens with one attached hydrogen (secondary N) is 1. The van der Waals surface area contributed by atoms with Crippen LogP contribution >= 0.6 is 11.6 Å². The number of hydrogen-bond donors (Lipinski definition) is 1. The number of rotatable bonds is 5. The normalized spacial score (nSPS) is 17.0. The highest BCUT2D eigenvalue weighted by Gasteiger charge is 2.34. The fraction of sp³-hybridized carbons (Fsp3) is 0.318. The maximum atomic E-state index is 13.2. The predicted molar refractivity (Wildman–Crippen MR) is 113 cm³/mol. The summed E-state index contributed by atoms with van der Waals surface area (Å²) in [4.78, 5) is 41.2. The lowest BCUT2D eigenvalue weighted by molar-refractivity contribution is -0.133. The SMILES string of the molecule is CN(CC(=O)Nc1ccc(Cl)cc1)[C@H]1CCCCN(C(=O)c2ccc(F)cc2)C1=O. The van der Waals surface area contributed by atoms with Crippen molar-refractivity contribution in [3.05, 3.63) is 64.9 Å². The number of imide groups is 1. The summed E-state index contributed by atoms with van der Waals surface area (Å²) in [5.41, 5.74) is 0.867. The van der Waals surface area contributed by atoms with Gasteiger partial charge in [-0.25, -0.2) is 4.39 Å². The van der Waals surface area contributed by atoms with Crippen molar-refractivity contribution in [2.45, 2.75) is 25.3 Å². The topological polar surface area (TPSA) is 69.7 Å². The molecular formula is C22H23ClFN3O3. The maximum Gasteiger partial charge on any atom is 0.260 e. The van der Waals surface area contributed by atoms with Crippen molar-refractivity contribution >= 4 is 35.0 Å². The van der Waals surface area contributed by atoms with E-state index in [1.165, 1.54) is 29.2 Å². The molecule has 0 aromatic heterocycles. The predicted octanol–water partition coefficient (Wildman–Crippen LogP) is 3.57. The fourth-order valence-corrected chi connectivity index (χ4v) is 3.58. The van der Waals surface area contributed by atoms with Crippen LogP contribution in [0.3, 0.4) is 0 Å². The average molecular weight is 432 g/mol. The Morgan fingerprint density at radius 1 is 1.13 bits per heavy atom. The van der Waals surface area contributed by atoms with Crippen LogP contribution in [0.15, 0.2) is 48.5 Å². The summed E-state index contributed by atoms with van der Waals surface area (Å²) in [5.74, 6) is -1.51. The zero-order valence-electron chi connectivity index (χ0n) is 16.6. The summed E-state index contributed by atoms with van der Waals surface area (Å²) in [6, 6.07) is 11.3. The molecule has 158 valence electrons. The Balaban J connectivity index is 1.66. The Morgan fingerprint density at radius 2 is 1.80 bits per heavy atom. The molecule has 30 heavy (non-hydrogen) atoms. The maximum absolute atomic E-state index is 13.2. The van der Waals surface area contributed by atoms with E-state index in [2.05, 4.69) is 5.32 Å². The van der Waals surface area contributed by atoms with Crippen molar-refractivity contribution in [3.8, 4) is 0 Å². The lowest BCUT2D eigenvalue weighted by atomic mass is 10.1. The Morgan fingerprint density at radius 3 is 2.47 bits per heavy atom. The van der Waals surface area contributed by atoms with Crippen LogP contribution in [-0.4, -0.2) is 53.7 Å². The van der Waals surface area contributed by atoms with Crippen LogP contribution in [-0.2, 0) is 9.59 Å². The summed E-state index contributed by atoms with van der Waals surface area (Å²) in [6.45, 7) is 0.300. The van der Waals surface area contributed by atoms with E-state index >= 15 is 0 Å². The summed E-state index contributed by atoms with van der Waals surface area (Å²) in [7, 11) is 1.69. The average Bonchev–Trinajstić information content (AvgIpc) is 2.91. The summed E-state index contributed by atoms with van der Waals surface area (Å²) < 4.78 is 13.2. The molecule has 1 aliphatic rings. The van der Waals surface area contributed by atoms with Gasteiger partial charge in [-0.15, -0.1) is 0 Å². The third-order valence-electron chi connectivity index (χ3n) is 5.05. The van der Waals surface area contributed by atoms with E-state index in [1.807, 2.05) is 0 Å². The monoisotopic (exact) mass is 431 g/mol. The lowest BCUT2D eigenvalue weighted by Crippen LogP contribution is -2.50. The number of hydrogen-bond acceptors (Lipinski definition) is 4. The third-order valence-corrected chi connectivity index (χ3v) is 5.30. The number of benzene rings is 2. The summed E-state index contributed by atoms with van der Waals surface area (Å²) in [6.07, 6.45) is 1.99. The molecule has 1 saturated heterocycles. The van der Waals surface area contributed by atoms with Crippen molar-refractivity contribution in [1.29, 1.82) is 0 Å². The van der Waals surface area contributed by atoms with Gasteiger partial charge >= 0.3 is 0 Å². The van der Waals surface area contributed by atoms with E-state index in [0.29, 0.717) is 30.1 Å². The number of nitrogens with zero attached hydrogens (tertiary/aromatic N) is 2. The molecule has 3 amide bonds. The quantitative estimate of drug-likeness (QED) is 0.735. The molecule has 0 unspecified atom stereocenters. The Labute approximate surface area is 179 Å². The first-order valence-corrected chi connectivity index (χ1v) is 10.1. The van der Waals surface area contributed by atoms with E-state index in [9.17, 15) is 18.8 Å². The van der Waals surface area contributed by atoms with Gasteiger partial charge < -0.3 is 5.32 Å². The van der Waals surface area contributed by atoms with Crippen molar-refractivity contribution in [3.63, 3.8) is 0 Å². The van der Waals surface area contributed by atoms with Gasteiger partial charge in [-0.1, -0.05) is 11.6 Å². The van der Waals surface area contributed by atoms with Crippen LogP contribution in [0.5, 0.6) is 0 Å². The molecule has 0 aliphatic carbocycles. The number of carbonyl (C=O) groups excluding carboxylic acids is 3. The van der Waals surface area contributed by atoms with E-state index < -0.39 is 17.8 Å². The van der Waals surface area contributed by atoms with Crippen molar-refractivity contribution in [1.82, 2.24) is 9.80 Å². The van der Waals surface area contributed by atoms with Crippen LogP contribution in [0, 0.1) is 5.82 Å². The minimum atomic E-state index is -0.590. The summed E-state index contributed by atoms with van der Waals surface area (Å²) >= 11 is 5.85. The van der Waals surface area contributed by atoms with Gasteiger partial charge in [-0.3, -0.25) is 24.2 Å². The van der Waals surface area contributed by atoms with E-state index in [1.54, 1.807) is 36.2 Å². The molecule has 2 aromatic rings. The first-order valence-electron chi connectivity index (χ1n) is 9.72. The van der Waals surface area contributed by atoms with Gasteiger partial charge in [0.2, 0.25) is 11.8 Å². The van der Waals surface area contributed by atoms with Gasteiger partial charge in [-0.2, -0.15) is 0 Å². The third kappa shape index (κ3) is 5.43. The minimum absolute atomic E-state index is 0.00237. The lowest BCUT2D eigenvalue weighted by Gasteiger charge is -2.29. The molecular weight excluding hydrogens is 409 g/mol. The number of likely N-dealkylation sites (tertiary alicyclic amines) is 1. The number of halogens is 2. The molecule has 1 heterocycles. The van der Waals surface area contributed by atoms with E-state index in [0.717, 1.165) is 6.42 Å². The summed E-state index contributed by atoms with van der Waals surface area (Å²) in [5, 5.41) is 3.34. The van der Waals surface area contributed by atoms with E-state index in [-0.39, 0.29) is 23.9 Å². The zero-order valence-corrected chi connectivity index (χ0v) is 17.4. The fourth-order valence-electron chi connectivity index (χ4n) is 3.45. The molecule has 1 atom stereocenters.